The molecule has 110 valence electrons. The summed E-state index contributed by atoms with van der Waals surface area (Å²) in [5.74, 6) is 0.755. The number of halogens is 2. The number of carbonyl (C=O) groups is 1. The van der Waals surface area contributed by atoms with Crippen LogP contribution in [0.1, 0.15) is 26.2 Å². The molecule has 0 aromatic heterocycles. The van der Waals surface area contributed by atoms with E-state index in [1.807, 2.05) is 30.0 Å². The molecule has 1 aromatic carbocycles. The lowest BCUT2D eigenvalue weighted by atomic mass is 9.94. The van der Waals surface area contributed by atoms with Crippen molar-refractivity contribution < 1.29 is 4.79 Å². The van der Waals surface area contributed by atoms with Crippen LogP contribution < -0.4 is 10.2 Å². The molecule has 2 rings (SSSR count). The zero-order chi connectivity index (χ0) is 14.5. The normalized spacial score (nSPS) is 16.1. The number of piperidine rings is 1. The molecule has 20 heavy (non-hydrogen) atoms. The highest BCUT2D eigenvalue weighted by Crippen LogP contribution is 2.29. The monoisotopic (exact) mass is 402 g/mol. The highest BCUT2D eigenvalue weighted by Gasteiger charge is 2.21. The fourth-order valence-electron chi connectivity index (χ4n) is 2.60. The van der Waals surface area contributed by atoms with E-state index in [1.54, 1.807) is 0 Å². The summed E-state index contributed by atoms with van der Waals surface area (Å²) in [6, 6.07) is 5.95. The van der Waals surface area contributed by atoms with Gasteiger partial charge in [-0.1, -0.05) is 0 Å². The van der Waals surface area contributed by atoms with Crippen LogP contribution in [-0.4, -0.2) is 25.5 Å². The number of anilines is 1. The van der Waals surface area contributed by atoms with E-state index in [0.717, 1.165) is 40.6 Å². The SMILES string of the molecule is CCN(C(=O)CC1CCNCC1)c1ccc(Br)c(Br)c1. The van der Waals surface area contributed by atoms with E-state index in [9.17, 15) is 4.79 Å². The van der Waals surface area contributed by atoms with Crippen LogP contribution in [0.4, 0.5) is 5.69 Å². The van der Waals surface area contributed by atoms with Crippen molar-refractivity contribution >= 4 is 43.5 Å². The Morgan fingerprint density at radius 2 is 2.00 bits per heavy atom. The van der Waals surface area contributed by atoms with Crippen LogP contribution in [0.3, 0.4) is 0 Å². The maximum atomic E-state index is 12.5. The van der Waals surface area contributed by atoms with E-state index in [1.165, 1.54) is 0 Å². The fourth-order valence-corrected chi connectivity index (χ4v) is 3.21. The molecule has 1 N–H and O–H groups in total. The molecule has 0 spiro atoms. The third-order valence-corrected chi connectivity index (χ3v) is 5.63. The summed E-state index contributed by atoms with van der Waals surface area (Å²) in [6.45, 7) is 4.80. The Labute approximate surface area is 137 Å². The Balaban J connectivity index is 2.06. The van der Waals surface area contributed by atoms with Gasteiger partial charge in [0, 0.05) is 27.6 Å². The Kier molecular flexibility index (Phi) is 6.05. The summed E-state index contributed by atoms with van der Waals surface area (Å²) in [7, 11) is 0. The van der Waals surface area contributed by atoms with Gasteiger partial charge in [-0.3, -0.25) is 4.79 Å². The molecule has 5 heteroatoms. The Hall–Kier alpha value is -0.390. The number of hydrogen-bond donors (Lipinski definition) is 1. The Morgan fingerprint density at radius 3 is 2.60 bits per heavy atom. The summed E-state index contributed by atoms with van der Waals surface area (Å²) in [6.07, 6.45) is 2.86. The molecule has 0 saturated carbocycles. The first kappa shape index (κ1) is 16.0. The van der Waals surface area contributed by atoms with Gasteiger partial charge in [0.1, 0.15) is 0 Å². The Bertz CT molecular complexity index is 473. The van der Waals surface area contributed by atoms with Gasteiger partial charge in [0.25, 0.3) is 0 Å². The third-order valence-electron chi connectivity index (χ3n) is 3.75. The third kappa shape index (κ3) is 4.06. The summed E-state index contributed by atoms with van der Waals surface area (Å²) < 4.78 is 1.98. The molecule has 1 heterocycles. The van der Waals surface area contributed by atoms with Gasteiger partial charge in [-0.05, 0) is 88.8 Å². The lowest BCUT2D eigenvalue weighted by molar-refractivity contribution is -0.119. The molecule has 0 unspecified atom stereocenters. The molecule has 0 bridgehead atoms. The van der Waals surface area contributed by atoms with Crippen molar-refractivity contribution in [3.63, 3.8) is 0 Å². The van der Waals surface area contributed by atoms with E-state index in [4.69, 9.17) is 0 Å². The zero-order valence-electron chi connectivity index (χ0n) is 11.7. The number of carbonyl (C=O) groups excluding carboxylic acids is 1. The maximum Gasteiger partial charge on any atom is 0.227 e. The number of nitrogens with zero attached hydrogens (tertiary/aromatic N) is 1. The van der Waals surface area contributed by atoms with Crippen molar-refractivity contribution in [2.24, 2.45) is 5.92 Å². The van der Waals surface area contributed by atoms with Crippen molar-refractivity contribution in [1.82, 2.24) is 5.32 Å². The largest absolute Gasteiger partial charge is 0.317 e. The minimum atomic E-state index is 0.230. The van der Waals surface area contributed by atoms with Crippen LogP contribution in [0.25, 0.3) is 0 Å². The van der Waals surface area contributed by atoms with Crippen LogP contribution in [0.2, 0.25) is 0 Å². The van der Waals surface area contributed by atoms with Crippen molar-refractivity contribution in [3.8, 4) is 0 Å². The first-order valence-electron chi connectivity index (χ1n) is 7.08. The highest BCUT2D eigenvalue weighted by molar-refractivity contribution is 9.13. The molecule has 0 radical (unpaired) electrons. The van der Waals surface area contributed by atoms with Crippen molar-refractivity contribution in [3.05, 3.63) is 27.1 Å². The van der Waals surface area contributed by atoms with E-state index in [0.29, 0.717) is 18.9 Å². The second-order valence-corrected chi connectivity index (χ2v) is 6.84. The van der Waals surface area contributed by atoms with Crippen molar-refractivity contribution in [1.29, 1.82) is 0 Å². The molecule has 3 nitrogen and oxygen atoms in total. The van der Waals surface area contributed by atoms with Crippen LogP contribution in [0, 0.1) is 5.92 Å². The van der Waals surface area contributed by atoms with Gasteiger partial charge in [0.15, 0.2) is 0 Å². The average Bonchev–Trinajstić information content (AvgIpc) is 2.44. The van der Waals surface area contributed by atoms with Crippen molar-refractivity contribution in [2.45, 2.75) is 26.2 Å². The number of benzene rings is 1. The highest BCUT2D eigenvalue weighted by atomic mass is 79.9. The van der Waals surface area contributed by atoms with Crippen LogP contribution >= 0.6 is 31.9 Å². The molecule has 0 atom stereocenters. The van der Waals surface area contributed by atoms with Gasteiger partial charge in [0.2, 0.25) is 5.91 Å². The lowest BCUT2D eigenvalue weighted by Gasteiger charge is -2.26. The summed E-state index contributed by atoms with van der Waals surface area (Å²) in [5, 5.41) is 3.34. The summed E-state index contributed by atoms with van der Waals surface area (Å²) in [5.41, 5.74) is 0.960. The van der Waals surface area contributed by atoms with Gasteiger partial charge >= 0.3 is 0 Å². The molecule has 1 saturated heterocycles. The standard InChI is InChI=1S/C15H20Br2N2O/c1-2-19(12-3-4-13(16)14(17)10-12)15(20)9-11-5-7-18-8-6-11/h3-4,10-11,18H,2,5-9H2,1H3. The topological polar surface area (TPSA) is 32.3 Å². The molecule has 1 amide bonds. The van der Waals surface area contributed by atoms with E-state index in [-0.39, 0.29) is 5.91 Å². The Morgan fingerprint density at radius 1 is 1.30 bits per heavy atom. The summed E-state index contributed by atoms with van der Waals surface area (Å²) in [4.78, 5) is 14.4. The average molecular weight is 404 g/mol. The molecular weight excluding hydrogens is 384 g/mol. The predicted molar refractivity (Wildman–Crippen MR) is 90.1 cm³/mol. The minimum Gasteiger partial charge on any atom is -0.317 e. The van der Waals surface area contributed by atoms with Gasteiger partial charge in [-0.2, -0.15) is 0 Å². The second kappa shape index (κ2) is 7.57. The minimum absolute atomic E-state index is 0.230. The molecule has 1 aromatic rings. The molecule has 0 aliphatic carbocycles. The zero-order valence-corrected chi connectivity index (χ0v) is 14.8. The second-order valence-electron chi connectivity index (χ2n) is 5.13. The fraction of sp³-hybridized carbons (Fsp3) is 0.533. The van der Waals surface area contributed by atoms with E-state index < -0.39 is 0 Å². The predicted octanol–water partition coefficient (Wildman–Crippen LogP) is 3.95. The van der Waals surface area contributed by atoms with E-state index in [2.05, 4.69) is 37.2 Å². The van der Waals surface area contributed by atoms with Crippen LogP contribution in [-0.2, 0) is 4.79 Å². The summed E-state index contributed by atoms with van der Waals surface area (Å²) >= 11 is 6.96. The lowest BCUT2D eigenvalue weighted by Crippen LogP contribution is -2.35. The van der Waals surface area contributed by atoms with Gasteiger partial charge in [-0.25, -0.2) is 0 Å². The van der Waals surface area contributed by atoms with Gasteiger partial charge < -0.3 is 10.2 Å². The number of rotatable bonds is 4. The molecule has 1 aliphatic rings. The molecule has 1 fully saturated rings. The molecule has 1 aliphatic heterocycles. The maximum absolute atomic E-state index is 12.5. The van der Waals surface area contributed by atoms with Crippen LogP contribution in [0.5, 0.6) is 0 Å². The quantitative estimate of drug-likeness (QED) is 0.825. The van der Waals surface area contributed by atoms with Crippen molar-refractivity contribution in [2.75, 3.05) is 24.5 Å². The number of hydrogen-bond acceptors (Lipinski definition) is 2. The number of amides is 1. The van der Waals surface area contributed by atoms with Crippen LogP contribution in [0.15, 0.2) is 27.1 Å². The smallest absolute Gasteiger partial charge is 0.227 e. The van der Waals surface area contributed by atoms with Gasteiger partial charge in [0.05, 0.1) is 0 Å². The number of nitrogens with one attached hydrogen (secondary N) is 1. The molecular formula is C15H20Br2N2O. The van der Waals surface area contributed by atoms with Gasteiger partial charge in [-0.15, -0.1) is 0 Å². The van der Waals surface area contributed by atoms with E-state index >= 15 is 0 Å². The first-order chi connectivity index (χ1) is 9.61. The first-order valence-corrected chi connectivity index (χ1v) is 8.66.